The fourth-order valence-corrected chi connectivity index (χ4v) is 0. The zero-order valence-electron chi connectivity index (χ0n) is 3.90. The first-order valence-corrected chi connectivity index (χ1v) is 3.43. The zero-order chi connectivity index (χ0) is 6.28. The summed E-state index contributed by atoms with van der Waals surface area (Å²) in [6, 6.07) is 0. The quantitative estimate of drug-likeness (QED) is 0.400. The maximum absolute atomic E-state index is 8.78. The van der Waals surface area contributed by atoms with E-state index in [-0.39, 0.29) is 6.61 Å². The van der Waals surface area contributed by atoms with Gasteiger partial charge in [0.1, 0.15) is 0 Å². The van der Waals surface area contributed by atoms with Gasteiger partial charge in [0.05, 0.1) is 0 Å². The van der Waals surface area contributed by atoms with Gasteiger partial charge in [0.15, 0.2) is 0 Å². The van der Waals surface area contributed by atoms with Crippen molar-refractivity contribution >= 4 is 0 Å². The molecule has 0 fully saturated rings. The van der Waals surface area contributed by atoms with E-state index in [2.05, 4.69) is 0 Å². The molecule has 0 radical (unpaired) electrons. The molecule has 0 aliphatic carbocycles. The van der Waals surface area contributed by atoms with Crippen molar-refractivity contribution < 1.29 is 32.6 Å². The van der Waals surface area contributed by atoms with Crippen LogP contribution in [0.3, 0.4) is 0 Å². The van der Waals surface area contributed by atoms with Crippen molar-refractivity contribution in [3.63, 3.8) is 0 Å². The van der Waals surface area contributed by atoms with Crippen LogP contribution in [-0.2, 0) is 19.5 Å². The Morgan fingerprint density at radius 3 is 1.57 bits per heavy atom. The van der Waals surface area contributed by atoms with E-state index in [0.717, 1.165) is 0 Å². The zero-order valence-corrected chi connectivity index (χ0v) is 5.30. The van der Waals surface area contributed by atoms with Crippen LogP contribution in [0.2, 0.25) is 0 Å². The van der Waals surface area contributed by atoms with Crippen molar-refractivity contribution in [2.45, 2.75) is 6.92 Å². The molecule has 0 heterocycles. The molecule has 0 saturated heterocycles. The van der Waals surface area contributed by atoms with E-state index in [9.17, 15) is 0 Å². The van der Waals surface area contributed by atoms with E-state index in [1.807, 2.05) is 0 Å². The van der Waals surface area contributed by atoms with E-state index < -0.39 is 15.8 Å². The molecular formula is C2H8O4V. The van der Waals surface area contributed by atoms with Crippen LogP contribution in [-0.4, -0.2) is 19.8 Å². The molecule has 0 aromatic heterocycles. The number of aliphatic hydroxyl groups excluding tert-OH is 1. The molecular weight excluding hydrogens is 139 g/mol. The summed E-state index contributed by atoms with van der Waals surface area (Å²) in [4.78, 5) is 0. The van der Waals surface area contributed by atoms with Gasteiger partial charge in [0, 0.05) is 6.61 Å². The first-order valence-electron chi connectivity index (χ1n) is 1.61. The molecule has 0 bridgehead atoms. The van der Waals surface area contributed by atoms with Crippen molar-refractivity contribution in [2.75, 3.05) is 6.61 Å². The van der Waals surface area contributed by atoms with Crippen LogP contribution < -0.4 is 0 Å². The minimum absolute atomic E-state index is 0.250. The molecule has 45 valence electrons. The van der Waals surface area contributed by atoms with Crippen LogP contribution in [0.5, 0.6) is 0 Å². The maximum atomic E-state index is 8.78. The number of hydrogen-bond donors (Lipinski definition) is 3. The third kappa shape index (κ3) is 1630. The van der Waals surface area contributed by atoms with Crippen LogP contribution in [0.25, 0.3) is 0 Å². The predicted octanol–water partition coefficient (Wildman–Crippen LogP) is -1.24. The third-order valence-corrected chi connectivity index (χ3v) is 0. The van der Waals surface area contributed by atoms with Gasteiger partial charge in [-0.25, -0.2) is 0 Å². The van der Waals surface area contributed by atoms with Gasteiger partial charge in [0.25, 0.3) is 0 Å². The van der Waals surface area contributed by atoms with Crippen LogP contribution in [0.1, 0.15) is 6.92 Å². The normalized spacial score (nSPS) is 6.29. The van der Waals surface area contributed by atoms with E-state index in [1.165, 1.54) is 0 Å². The van der Waals surface area contributed by atoms with Gasteiger partial charge in [0.2, 0.25) is 0 Å². The fraction of sp³-hybridized carbons (Fsp3) is 1.00. The van der Waals surface area contributed by atoms with Gasteiger partial charge >= 0.3 is 27.5 Å². The van der Waals surface area contributed by atoms with Crippen molar-refractivity contribution in [1.82, 2.24) is 0 Å². The number of aliphatic hydroxyl groups is 1. The standard InChI is InChI=1S/C2H6O.2H2O.O.V/c1-2-3;;;;/h3H,2H2,1H3;2*1H2;;/q;;;;+2/p-2. The summed E-state index contributed by atoms with van der Waals surface area (Å²) in [5.41, 5.74) is 0. The number of hydrogen-bond acceptors (Lipinski definition) is 2. The first kappa shape index (κ1) is 10.3. The Morgan fingerprint density at radius 2 is 1.57 bits per heavy atom. The third-order valence-electron chi connectivity index (χ3n) is 0. The molecule has 0 amide bonds. The molecule has 7 heavy (non-hydrogen) atoms. The predicted molar refractivity (Wildman–Crippen MR) is 17.9 cm³/mol. The van der Waals surface area contributed by atoms with Gasteiger partial charge in [-0.2, -0.15) is 0 Å². The summed E-state index contributed by atoms with van der Waals surface area (Å²) in [5.74, 6) is 0. The molecule has 0 aromatic rings. The Kier molecular flexibility index (Phi) is 14.0. The van der Waals surface area contributed by atoms with Gasteiger partial charge in [-0.3, -0.25) is 0 Å². The van der Waals surface area contributed by atoms with Gasteiger partial charge in [-0.15, -0.1) is 0 Å². The summed E-state index contributed by atoms with van der Waals surface area (Å²) in [7, 11) is 0. The summed E-state index contributed by atoms with van der Waals surface area (Å²) < 4.78 is 23.2. The molecule has 0 aliphatic heterocycles. The van der Waals surface area contributed by atoms with Gasteiger partial charge in [-0.1, -0.05) is 0 Å². The first-order chi connectivity index (χ1) is 3.15. The van der Waals surface area contributed by atoms with Crippen molar-refractivity contribution in [1.29, 1.82) is 0 Å². The van der Waals surface area contributed by atoms with Crippen LogP contribution in [0.15, 0.2) is 0 Å². The van der Waals surface area contributed by atoms with Gasteiger partial charge < -0.3 is 5.11 Å². The monoisotopic (exact) mass is 147 g/mol. The molecule has 0 aromatic carbocycles. The van der Waals surface area contributed by atoms with Crippen LogP contribution in [0.4, 0.5) is 0 Å². The van der Waals surface area contributed by atoms with E-state index >= 15 is 0 Å². The molecule has 0 rings (SSSR count). The van der Waals surface area contributed by atoms with E-state index in [1.54, 1.807) is 6.92 Å². The minimum atomic E-state index is -3.44. The SMILES string of the molecule is CCO.[O]=[V]([OH])[OH]. The molecule has 0 unspecified atom stereocenters. The molecule has 0 saturated carbocycles. The average Bonchev–Trinajstić information content (AvgIpc) is 1.33. The average molecular weight is 147 g/mol. The van der Waals surface area contributed by atoms with E-state index in [0.29, 0.717) is 0 Å². The second-order valence-electron chi connectivity index (χ2n) is 0.569. The van der Waals surface area contributed by atoms with Crippen LogP contribution >= 0.6 is 0 Å². The summed E-state index contributed by atoms with van der Waals surface area (Å²) in [5, 5.41) is 7.57. The molecule has 0 spiro atoms. The Balaban J connectivity index is 0. The molecule has 4 nitrogen and oxygen atoms in total. The van der Waals surface area contributed by atoms with Crippen LogP contribution in [0, 0.1) is 0 Å². The second-order valence-corrected chi connectivity index (χ2v) is 1.36. The van der Waals surface area contributed by atoms with E-state index in [4.69, 9.17) is 16.8 Å². The van der Waals surface area contributed by atoms with Crippen molar-refractivity contribution in [3.8, 4) is 0 Å². The fourth-order valence-electron chi connectivity index (χ4n) is 0. The Labute approximate surface area is 46.9 Å². The van der Waals surface area contributed by atoms with Gasteiger partial charge in [-0.05, 0) is 6.92 Å². The summed E-state index contributed by atoms with van der Waals surface area (Å²) in [6.07, 6.45) is 0. The molecule has 3 N–H and O–H groups in total. The number of rotatable bonds is 0. The molecule has 0 aliphatic rings. The summed E-state index contributed by atoms with van der Waals surface area (Å²) in [6.45, 7) is 1.93. The Hall–Kier alpha value is 0.264. The Morgan fingerprint density at radius 1 is 1.57 bits per heavy atom. The van der Waals surface area contributed by atoms with Crippen molar-refractivity contribution in [2.24, 2.45) is 0 Å². The summed E-state index contributed by atoms with van der Waals surface area (Å²) >= 11 is -3.44. The Bertz CT molecular complexity index is 41.0. The second kappa shape index (κ2) is 9.55. The molecule has 5 heteroatoms. The topological polar surface area (TPSA) is 77.8 Å². The van der Waals surface area contributed by atoms with Crippen molar-refractivity contribution in [3.05, 3.63) is 0 Å². The molecule has 0 atom stereocenters.